The molecule has 94 valence electrons. The van der Waals surface area contributed by atoms with Gasteiger partial charge in [0, 0.05) is 0 Å². The molecule has 1 aromatic heterocycles. The first-order valence-corrected chi connectivity index (χ1v) is 6.76. The molecule has 1 aromatic carbocycles. The predicted octanol–water partition coefficient (Wildman–Crippen LogP) is 3.59. The molecule has 0 N–H and O–H groups in total. The summed E-state index contributed by atoms with van der Waals surface area (Å²) in [6.07, 6.45) is 8.24. The first-order valence-electron chi connectivity index (χ1n) is 6.76. The van der Waals surface area contributed by atoms with Gasteiger partial charge in [-0.2, -0.15) is 0 Å². The molecule has 0 bridgehead atoms. The number of benzene rings is 1. The van der Waals surface area contributed by atoms with Gasteiger partial charge in [0.2, 0.25) is 5.88 Å². The van der Waals surface area contributed by atoms with Crippen LogP contribution < -0.4 is 4.74 Å². The zero-order valence-electron chi connectivity index (χ0n) is 10.5. The third kappa shape index (κ3) is 2.45. The van der Waals surface area contributed by atoms with E-state index < -0.39 is 0 Å². The van der Waals surface area contributed by atoms with E-state index in [1.165, 1.54) is 32.1 Å². The minimum absolute atomic E-state index is 0.701. The number of ether oxygens (including phenoxy) is 1. The zero-order chi connectivity index (χ0) is 12.2. The summed E-state index contributed by atoms with van der Waals surface area (Å²) in [5.74, 6) is 1.43. The molecule has 0 radical (unpaired) electrons. The highest BCUT2D eigenvalue weighted by Crippen LogP contribution is 2.26. The fourth-order valence-electron chi connectivity index (χ4n) is 2.65. The highest BCUT2D eigenvalue weighted by Gasteiger charge is 2.15. The second kappa shape index (κ2) is 5.34. The molecular formula is C15H18N2O. The number of rotatable bonds is 3. The van der Waals surface area contributed by atoms with Crippen molar-refractivity contribution in [1.82, 2.24) is 9.97 Å². The summed E-state index contributed by atoms with van der Waals surface area (Å²) in [6.45, 7) is 0.793. The molecule has 1 heterocycles. The molecule has 1 aliphatic rings. The largest absolute Gasteiger partial charge is 0.477 e. The van der Waals surface area contributed by atoms with Crippen LogP contribution in [0.4, 0.5) is 0 Å². The average Bonchev–Trinajstić information content (AvgIpc) is 2.46. The topological polar surface area (TPSA) is 35.0 Å². The van der Waals surface area contributed by atoms with Crippen LogP contribution in [-0.4, -0.2) is 16.6 Å². The van der Waals surface area contributed by atoms with Crippen molar-refractivity contribution in [1.29, 1.82) is 0 Å². The van der Waals surface area contributed by atoms with Gasteiger partial charge in [-0.15, -0.1) is 0 Å². The van der Waals surface area contributed by atoms with Crippen molar-refractivity contribution in [3.05, 3.63) is 30.6 Å². The zero-order valence-corrected chi connectivity index (χ0v) is 10.5. The Bertz CT molecular complexity index is 515. The number of fused-ring (bicyclic) bond motifs is 1. The van der Waals surface area contributed by atoms with E-state index >= 15 is 0 Å². The van der Waals surface area contributed by atoms with Crippen LogP contribution in [0.1, 0.15) is 32.1 Å². The smallest absolute Gasteiger partial charge is 0.224 e. The summed E-state index contributed by atoms with van der Waals surface area (Å²) in [6, 6.07) is 8.00. The Hall–Kier alpha value is -1.64. The Kier molecular flexibility index (Phi) is 3.40. The molecule has 3 heteroatoms. The van der Waals surface area contributed by atoms with E-state index in [0.29, 0.717) is 5.92 Å². The van der Waals surface area contributed by atoms with Crippen LogP contribution in [0.2, 0.25) is 0 Å². The van der Waals surface area contributed by atoms with Gasteiger partial charge in [-0.25, -0.2) is 9.97 Å². The Morgan fingerprint density at radius 2 is 1.89 bits per heavy atom. The number of aromatic nitrogens is 2. The maximum Gasteiger partial charge on any atom is 0.224 e. The van der Waals surface area contributed by atoms with E-state index in [-0.39, 0.29) is 0 Å². The predicted molar refractivity (Wildman–Crippen MR) is 71.6 cm³/mol. The fraction of sp³-hybridized carbons (Fsp3) is 0.467. The van der Waals surface area contributed by atoms with Gasteiger partial charge in [-0.3, -0.25) is 0 Å². The van der Waals surface area contributed by atoms with Gasteiger partial charge in [0.25, 0.3) is 0 Å². The lowest BCUT2D eigenvalue weighted by atomic mass is 9.90. The summed E-state index contributed by atoms with van der Waals surface area (Å²) in [4.78, 5) is 8.50. The minimum Gasteiger partial charge on any atom is -0.477 e. The number of hydrogen-bond acceptors (Lipinski definition) is 3. The van der Waals surface area contributed by atoms with Gasteiger partial charge in [0.15, 0.2) is 0 Å². The third-order valence-electron chi connectivity index (χ3n) is 3.69. The van der Waals surface area contributed by atoms with Crippen molar-refractivity contribution < 1.29 is 4.74 Å². The summed E-state index contributed by atoms with van der Waals surface area (Å²) >= 11 is 0. The Morgan fingerprint density at radius 1 is 1.06 bits per heavy atom. The van der Waals surface area contributed by atoms with Crippen molar-refractivity contribution in [3.63, 3.8) is 0 Å². The second-order valence-corrected chi connectivity index (χ2v) is 5.01. The van der Waals surface area contributed by atoms with Crippen LogP contribution in [0.15, 0.2) is 30.6 Å². The summed E-state index contributed by atoms with van der Waals surface area (Å²) < 4.78 is 5.91. The molecule has 0 atom stereocenters. The lowest BCUT2D eigenvalue weighted by molar-refractivity contribution is 0.205. The van der Waals surface area contributed by atoms with Crippen LogP contribution in [-0.2, 0) is 0 Å². The maximum atomic E-state index is 5.91. The van der Waals surface area contributed by atoms with Crippen molar-refractivity contribution in [2.75, 3.05) is 6.61 Å². The summed E-state index contributed by atoms with van der Waals surface area (Å²) in [5.41, 5.74) is 0.950. The lowest BCUT2D eigenvalue weighted by Crippen LogP contribution is -2.15. The molecule has 0 amide bonds. The van der Waals surface area contributed by atoms with Gasteiger partial charge in [0.05, 0.1) is 17.5 Å². The maximum absolute atomic E-state index is 5.91. The molecule has 1 aliphatic carbocycles. The molecule has 3 rings (SSSR count). The normalized spacial score (nSPS) is 16.9. The molecule has 2 aromatic rings. The van der Waals surface area contributed by atoms with Crippen LogP contribution >= 0.6 is 0 Å². The lowest BCUT2D eigenvalue weighted by Gasteiger charge is -2.21. The van der Waals surface area contributed by atoms with Gasteiger partial charge < -0.3 is 4.74 Å². The van der Waals surface area contributed by atoms with Gasteiger partial charge >= 0.3 is 0 Å². The van der Waals surface area contributed by atoms with E-state index in [4.69, 9.17) is 4.74 Å². The highest BCUT2D eigenvalue weighted by atomic mass is 16.5. The molecular weight excluding hydrogens is 224 g/mol. The standard InChI is InChI=1S/C15H18N2O/c1-2-6-12(7-3-1)10-18-15-13-8-4-5-9-14(13)16-11-17-15/h4-5,8-9,11-12H,1-3,6-7,10H2. The SMILES string of the molecule is c1ccc2c(OCC3CCCCC3)ncnc2c1. The van der Waals surface area contributed by atoms with E-state index in [9.17, 15) is 0 Å². The molecule has 1 fully saturated rings. The fourth-order valence-corrected chi connectivity index (χ4v) is 2.65. The molecule has 18 heavy (non-hydrogen) atoms. The van der Waals surface area contributed by atoms with Crippen LogP contribution in [0.3, 0.4) is 0 Å². The molecule has 1 saturated carbocycles. The number of para-hydroxylation sites is 1. The molecule has 0 spiro atoms. The van der Waals surface area contributed by atoms with E-state index in [1.807, 2.05) is 24.3 Å². The van der Waals surface area contributed by atoms with Crippen molar-refractivity contribution in [2.45, 2.75) is 32.1 Å². The monoisotopic (exact) mass is 242 g/mol. The quantitative estimate of drug-likeness (QED) is 0.825. The first kappa shape index (κ1) is 11.5. The first-order chi connectivity index (χ1) is 8.93. The van der Waals surface area contributed by atoms with Crippen molar-refractivity contribution in [3.8, 4) is 5.88 Å². The van der Waals surface area contributed by atoms with E-state index in [0.717, 1.165) is 23.4 Å². The van der Waals surface area contributed by atoms with Gasteiger partial charge in [0.1, 0.15) is 6.33 Å². The minimum atomic E-state index is 0.701. The summed E-state index contributed by atoms with van der Waals surface area (Å²) in [7, 11) is 0. The molecule has 0 aliphatic heterocycles. The van der Waals surface area contributed by atoms with Crippen molar-refractivity contribution in [2.24, 2.45) is 5.92 Å². The summed E-state index contributed by atoms with van der Waals surface area (Å²) in [5, 5.41) is 1.01. The van der Waals surface area contributed by atoms with Gasteiger partial charge in [-0.1, -0.05) is 31.4 Å². The second-order valence-electron chi connectivity index (χ2n) is 5.01. The van der Waals surface area contributed by atoms with E-state index in [1.54, 1.807) is 6.33 Å². The Balaban J connectivity index is 1.74. The molecule has 3 nitrogen and oxygen atoms in total. The number of hydrogen-bond donors (Lipinski definition) is 0. The highest BCUT2D eigenvalue weighted by molar-refractivity contribution is 5.82. The van der Waals surface area contributed by atoms with Crippen LogP contribution in [0, 0.1) is 5.92 Å². The van der Waals surface area contributed by atoms with E-state index in [2.05, 4.69) is 9.97 Å². The van der Waals surface area contributed by atoms with Crippen molar-refractivity contribution >= 4 is 10.9 Å². The Labute approximate surface area is 107 Å². The average molecular weight is 242 g/mol. The van der Waals surface area contributed by atoms with Crippen LogP contribution in [0.25, 0.3) is 10.9 Å². The molecule has 0 saturated heterocycles. The Morgan fingerprint density at radius 3 is 2.78 bits per heavy atom. The number of nitrogens with zero attached hydrogens (tertiary/aromatic N) is 2. The van der Waals surface area contributed by atoms with Gasteiger partial charge in [-0.05, 0) is 30.9 Å². The molecule has 0 unspecified atom stereocenters. The van der Waals surface area contributed by atoms with Crippen LogP contribution in [0.5, 0.6) is 5.88 Å². The third-order valence-corrected chi connectivity index (χ3v) is 3.69.